The van der Waals surface area contributed by atoms with Crippen molar-refractivity contribution >= 4 is 11.8 Å². The number of pyridine rings is 1. The van der Waals surface area contributed by atoms with Gasteiger partial charge in [-0.2, -0.15) is 5.10 Å². The lowest BCUT2D eigenvalue weighted by Gasteiger charge is -2.25. The topological polar surface area (TPSA) is 72.3 Å². The molecule has 0 unspecified atom stereocenters. The van der Waals surface area contributed by atoms with Crippen molar-refractivity contribution in [3.05, 3.63) is 41.9 Å². The summed E-state index contributed by atoms with van der Waals surface area (Å²) in [6, 6.07) is 5.64. The number of aryl methyl sites for hydroxylation is 1. The van der Waals surface area contributed by atoms with E-state index in [9.17, 15) is 4.79 Å². The molecule has 1 N–H and O–H groups in total. The molecule has 0 spiro atoms. The Labute approximate surface area is 154 Å². The molecule has 2 amide bonds. The molecule has 7 nitrogen and oxygen atoms in total. The van der Waals surface area contributed by atoms with E-state index in [-0.39, 0.29) is 12.1 Å². The molecule has 1 atom stereocenters. The SMILES string of the molecule is CC(C)c1cc(NC(=O)N(Cc2ccncc2)C[C@@H]2CCCO2)n(C)n1. The predicted molar refractivity (Wildman–Crippen MR) is 99.9 cm³/mol. The molecule has 1 fully saturated rings. The van der Waals surface area contributed by atoms with E-state index < -0.39 is 0 Å². The van der Waals surface area contributed by atoms with Gasteiger partial charge >= 0.3 is 6.03 Å². The average molecular weight is 357 g/mol. The van der Waals surface area contributed by atoms with Crippen molar-refractivity contribution in [2.45, 2.75) is 45.3 Å². The highest BCUT2D eigenvalue weighted by atomic mass is 16.5. The van der Waals surface area contributed by atoms with E-state index in [0.29, 0.717) is 24.8 Å². The third-order valence-corrected chi connectivity index (χ3v) is 4.58. The van der Waals surface area contributed by atoms with Crippen molar-refractivity contribution in [1.29, 1.82) is 0 Å². The Hall–Kier alpha value is -2.41. The molecule has 26 heavy (non-hydrogen) atoms. The van der Waals surface area contributed by atoms with Gasteiger partial charge in [-0.05, 0) is 36.5 Å². The molecule has 0 bridgehead atoms. The van der Waals surface area contributed by atoms with E-state index in [4.69, 9.17) is 4.74 Å². The van der Waals surface area contributed by atoms with Crippen LogP contribution >= 0.6 is 0 Å². The van der Waals surface area contributed by atoms with Crippen LogP contribution in [-0.2, 0) is 18.3 Å². The van der Waals surface area contributed by atoms with Crippen molar-refractivity contribution in [2.24, 2.45) is 7.05 Å². The van der Waals surface area contributed by atoms with Crippen LogP contribution in [0.15, 0.2) is 30.6 Å². The Morgan fingerprint density at radius 2 is 2.19 bits per heavy atom. The van der Waals surface area contributed by atoms with Crippen molar-refractivity contribution in [3.63, 3.8) is 0 Å². The number of amides is 2. The first-order chi connectivity index (χ1) is 12.5. The van der Waals surface area contributed by atoms with Crippen molar-refractivity contribution < 1.29 is 9.53 Å². The Morgan fingerprint density at radius 3 is 2.81 bits per heavy atom. The summed E-state index contributed by atoms with van der Waals surface area (Å²) in [6.45, 7) is 6.03. The maximum atomic E-state index is 12.9. The summed E-state index contributed by atoms with van der Waals surface area (Å²) < 4.78 is 7.44. The largest absolute Gasteiger partial charge is 0.376 e. The fraction of sp³-hybridized carbons (Fsp3) is 0.526. The van der Waals surface area contributed by atoms with Crippen molar-refractivity contribution in [2.75, 3.05) is 18.5 Å². The second-order valence-electron chi connectivity index (χ2n) is 7.03. The fourth-order valence-corrected chi connectivity index (χ4v) is 3.04. The molecule has 1 saturated heterocycles. The lowest BCUT2D eigenvalue weighted by Crippen LogP contribution is -2.40. The van der Waals surface area contributed by atoms with E-state index in [2.05, 4.69) is 29.2 Å². The number of nitrogens with one attached hydrogen (secondary N) is 1. The van der Waals surface area contributed by atoms with Gasteiger partial charge in [0.25, 0.3) is 0 Å². The molecule has 0 radical (unpaired) electrons. The van der Waals surface area contributed by atoms with E-state index >= 15 is 0 Å². The first-order valence-electron chi connectivity index (χ1n) is 9.13. The minimum atomic E-state index is -0.143. The molecule has 7 heteroatoms. The number of carbonyl (C=O) groups excluding carboxylic acids is 1. The van der Waals surface area contributed by atoms with Gasteiger partial charge in [0.2, 0.25) is 0 Å². The third kappa shape index (κ3) is 4.60. The highest BCUT2D eigenvalue weighted by Gasteiger charge is 2.23. The van der Waals surface area contributed by atoms with Crippen molar-refractivity contribution in [1.82, 2.24) is 19.7 Å². The summed E-state index contributed by atoms with van der Waals surface area (Å²) in [5.41, 5.74) is 2.00. The Bertz CT molecular complexity index is 723. The van der Waals surface area contributed by atoms with Gasteiger partial charge in [-0.25, -0.2) is 4.79 Å². The molecular weight excluding hydrogens is 330 g/mol. The number of hydrogen-bond acceptors (Lipinski definition) is 4. The maximum Gasteiger partial charge on any atom is 0.323 e. The van der Waals surface area contributed by atoms with Crippen LogP contribution in [0.5, 0.6) is 0 Å². The van der Waals surface area contributed by atoms with Crippen LogP contribution in [0.2, 0.25) is 0 Å². The number of nitrogens with zero attached hydrogens (tertiary/aromatic N) is 4. The van der Waals surface area contributed by atoms with Crippen molar-refractivity contribution in [3.8, 4) is 0 Å². The first kappa shape index (κ1) is 18.4. The van der Waals surface area contributed by atoms with Gasteiger partial charge < -0.3 is 9.64 Å². The number of carbonyl (C=O) groups is 1. The van der Waals surface area contributed by atoms with Gasteiger partial charge in [-0.3, -0.25) is 15.0 Å². The fourth-order valence-electron chi connectivity index (χ4n) is 3.04. The molecule has 2 aromatic rings. The summed E-state index contributed by atoms with van der Waals surface area (Å²) in [6.07, 6.45) is 5.62. The molecule has 3 rings (SSSR count). The minimum absolute atomic E-state index is 0.0975. The quantitative estimate of drug-likeness (QED) is 0.862. The van der Waals surface area contributed by atoms with Crippen LogP contribution in [0, 0.1) is 0 Å². The number of urea groups is 1. The van der Waals surface area contributed by atoms with E-state index in [0.717, 1.165) is 30.7 Å². The Morgan fingerprint density at radius 1 is 1.42 bits per heavy atom. The van der Waals surface area contributed by atoms with Crippen LogP contribution in [-0.4, -0.2) is 45.0 Å². The second-order valence-corrected chi connectivity index (χ2v) is 7.03. The third-order valence-electron chi connectivity index (χ3n) is 4.58. The molecule has 0 aliphatic carbocycles. The highest BCUT2D eigenvalue weighted by Crippen LogP contribution is 2.19. The predicted octanol–water partition coefficient (Wildman–Crippen LogP) is 3.15. The summed E-state index contributed by atoms with van der Waals surface area (Å²) in [5, 5.41) is 7.46. The number of rotatable bonds is 6. The Kier molecular flexibility index (Phi) is 5.88. The Balaban J connectivity index is 1.73. The molecule has 3 heterocycles. The molecular formula is C19H27N5O2. The van der Waals surface area contributed by atoms with Crippen LogP contribution in [0.1, 0.15) is 43.9 Å². The zero-order valence-electron chi connectivity index (χ0n) is 15.7. The number of anilines is 1. The summed E-state index contributed by atoms with van der Waals surface area (Å²) in [5.74, 6) is 1.01. The van der Waals surface area contributed by atoms with Gasteiger partial charge in [0, 0.05) is 45.2 Å². The summed E-state index contributed by atoms with van der Waals surface area (Å²) in [4.78, 5) is 18.8. The van der Waals surface area contributed by atoms with E-state index in [1.54, 1.807) is 22.0 Å². The van der Waals surface area contributed by atoms with Gasteiger partial charge in [0.05, 0.1) is 11.8 Å². The van der Waals surface area contributed by atoms with Crippen LogP contribution in [0.4, 0.5) is 10.6 Å². The molecule has 1 aliphatic heterocycles. The average Bonchev–Trinajstić information content (AvgIpc) is 3.25. The maximum absolute atomic E-state index is 12.9. The van der Waals surface area contributed by atoms with Crippen LogP contribution in [0.3, 0.4) is 0 Å². The smallest absolute Gasteiger partial charge is 0.323 e. The highest BCUT2D eigenvalue weighted by molar-refractivity contribution is 5.88. The zero-order chi connectivity index (χ0) is 18.5. The van der Waals surface area contributed by atoms with E-state index in [1.165, 1.54) is 0 Å². The number of hydrogen-bond donors (Lipinski definition) is 1. The summed E-state index contributed by atoms with van der Waals surface area (Å²) >= 11 is 0. The molecule has 0 saturated carbocycles. The second kappa shape index (κ2) is 8.31. The molecule has 0 aromatic carbocycles. The molecule has 2 aromatic heterocycles. The number of ether oxygens (including phenoxy) is 1. The molecule has 140 valence electrons. The van der Waals surface area contributed by atoms with E-state index in [1.807, 2.05) is 25.2 Å². The normalized spacial score (nSPS) is 16.8. The van der Waals surface area contributed by atoms with Gasteiger partial charge in [0.15, 0.2) is 0 Å². The number of aromatic nitrogens is 3. The van der Waals surface area contributed by atoms with Crippen LogP contribution < -0.4 is 5.32 Å². The standard InChI is InChI=1S/C19H27N5O2/c1-14(2)17-11-18(23(3)22-17)21-19(25)24(13-16-5-4-10-26-16)12-15-6-8-20-9-7-15/h6-9,11,14,16H,4-5,10,12-13H2,1-3H3,(H,21,25)/t16-/m0/s1. The van der Waals surface area contributed by atoms with Gasteiger partial charge in [-0.15, -0.1) is 0 Å². The van der Waals surface area contributed by atoms with Gasteiger partial charge in [0.1, 0.15) is 5.82 Å². The van der Waals surface area contributed by atoms with Crippen LogP contribution in [0.25, 0.3) is 0 Å². The monoisotopic (exact) mass is 357 g/mol. The lowest BCUT2D eigenvalue weighted by molar-refractivity contribution is 0.0819. The minimum Gasteiger partial charge on any atom is -0.376 e. The van der Waals surface area contributed by atoms with Gasteiger partial charge in [-0.1, -0.05) is 13.8 Å². The molecule has 1 aliphatic rings. The first-order valence-corrected chi connectivity index (χ1v) is 9.13. The zero-order valence-corrected chi connectivity index (χ0v) is 15.7. The lowest BCUT2D eigenvalue weighted by atomic mass is 10.1. The summed E-state index contributed by atoms with van der Waals surface area (Å²) in [7, 11) is 1.84.